The number of carbonyl (C=O) groups excluding carboxylic acids is 1. The number of ether oxygens (including phenoxy) is 1. The predicted molar refractivity (Wildman–Crippen MR) is 50.8 cm³/mol. The number of fused-ring (bicyclic) bond motifs is 1. The Morgan fingerprint density at radius 1 is 1.64 bits per heavy atom. The van der Waals surface area contributed by atoms with Crippen LogP contribution >= 0.6 is 15.9 Å². The average molecular weight is 257 g/mol. The first-order chi connectivity index (χ1) is 6.70. The number of nitrogens with zero attached hydrogens (tertiary/aromatic N) is 2. The van der Waals surface area contributed by atoms with E-state index >= 15 is 0 Å². The molecule has 0 N–H and O–H groups in total. The quantitative estimate of drug-likeness (QED) is 0.728. The molecule has 2 aromatic heterocycles. The summed E-state index contributed by atoms with van der Waals surface area (Å²) in [4.78, 5) is 19.0. The molecule has 0 aliphatic rings. The maximum atomic E-state index is 11.1. The third-order valence-electron chi connectivity index (χ3n) is 1.60. The van der Waals surface area contributed by atoms with Crippen LogP contribution in [0, 0.1) is 0 Å². The Morgan fingerprint density at radius 2 is 2.43 bits per heavy atom. The number of halogens is 1. The van der Waals surface area contributed by atoms with Crippen LogP contribution in [0.3, 0.4) is 0 Å². The topological polar surface area (TPSA) is 65.2 Å². The summed E-state index contributed by atoms with van der Waals surface area (Å²) in [6.07, 6.45) is 1.31. The maximum absolute atomic E-state index is 11.1. The highest BCUT2D eigenvalue weighted by atomic mass is 79.9. The van der Waals surface area contributed by atoms with E-state index in [1.807, 2.05) is 0 Å². The Kier molecular flexibility index (Phi) is 2.20. The second-order valence-electron chi connectivity index (χ2n) is 2.49. The van der Waals surface area contributed by atoms with Crippen LogP contribution in [0.2, 0.25) is 0 Å². The van der Waals surface area contributed by atoms with Gasteiger partial charge in [0, 0.05) is 6.07 Å². The van der Waals surface area contributed by atoms with E-state index in [1.54, 1.807) is 6.07 Å². The molecule has 0 saturated carbocycles. The third kappa shape index (κ3) is 1.48. The second kappa shape index (κ2) is 3.38. The van der Waals surface area contributed by atoms with Crippen LogP contribution in [0.5, 0.6) is 0 Å². The van der Waals surface area contributed by atoms with Crippen molar-refractivity contribution in [2.45, 2.75) is 0 Å². The molecule has 0 atom stereocenters. The van der Waals surface area contributed by atoms with Gasteiger partial charge in [-0.2, -0.15) is 0 Å². The van der Waals surface area contributed by atoms with Crippen molar-refractivity contribution in [3.8, 4) is 0 Å². The van der Waals surface area contributed by atoms with Gasteiger partial charge in [0.05, 0.1) is 13.3 Å². The Balaban J connectivity index is 2.55. The van der Waals surface area contributed by atoms with Gasteiger partial charge in [0.2, 0.25) is 5.71 Å². The number of hydrogen-bond acceptors (Lipinski definition) is 5. The average Bonchev–Trinajstić information content (AvgIpc) is 2.55. The molecule has 0 unspecified atom stereocenters. The smallest absolute Gasteiger partial charge is 0.358 e. The minimum Gasteiger partial charge on any atom is -0.464 e. The van der Waals surface area contributed by atoms with E-state index in [9.17, 15) is 4.79 Å². The van der Waals surface area contributed by atoms with Crippen LogP contribution in [-0.2, 0) is 4.74 Å². The molecule has 2 heterocycles. The van der Waals surface area contributed by atoms with Gasteiger partial charge in [-0.15, -0.1) is 0 Å². The lowest BCUT2D eigenvalue weighted by molar-refractivity contribution is 0.0594. The number of aromatic nitrogens is 2. The molecule has 0 radical (unpaired) electrons. The van der Waals surface area contributed by atoms with Crippen molar-refractivity contribution in [1.29, 1.82) is 0 Å². The van der Waals surface area contributed by atoms with Gasteiger partial charge in [-0.1, -0.05) is 0 Å². The molecule has 0 aromatic carbocycles. The molecule has 5 nitrogen and oxygen atoms in total. The second-order valence-corrected chi connectivity index (χ2v) is 3.27. The monoisotopic (exact) mass is 256 g/mol. The van der Waals surface area contributed by atoms with Crippen molar-refractivity contribution in [3.05, 3.63) is 22.6 Å². The molecule has 6 heteroatoms. The minimum atomic E-state index is -0.517. The van der Waals surface area contributed by atoms with Gasteiger partial charge in [-0.25, -0.2) is 14.8 Å². The highest BCUT2D eigenvalue weighted by Crippen LogP contribution is 2.19. The predicted octanol–water partition coefficient (Wildman–Crippen LogP) is 1.77. The van der Waals surface area contributed by atoms with Crippen molar-refractivity contribution in [1.82, 2.24) is 9.97 Å². The fourth-order valence-corrected chi connectivity index (χ4v) is 1.37. The molecule has 0 amide bonds. The molecule has 2 aromatic rings. The molecule has 0 saturated heterocycles. The van der Waals surface area contributed by atoms with Crippen LogP contribution in [0.15, 0.2) is 21.3 Å². The van der Waals surface area contributed by atoms with Gasteiger partial charge < -0.3 is 9.15 Å². The van der Waals surface area contributed by atoms with Gasteiger partial charge in [-0.3, -0.25) is 0 Å². The van der Waals surface area contributed by atoms with Crippen LogP contribution in [0.25, 0.3) is 11.2 Å². The molecule has 2 rings (SSSR count). The first kappa shape index (κ1) is 9.14. The number of rotatable bonds is 1. The fraction of sp³-hybridized carbons (Fsp3) is 0.125. The SMILES string of the molecule is COC(=O)c1cnc2oc(Br)cc2n1. The zero-order valence-corrected chi connectivity index (χ0v) is 8.74. The molecule has 72 valence electrons. The first-order valence-electron chi connectivity index (χ1n) is 3.71. The Hall–Kier alpha value is -1.43. The largest absolute Gasteiger partial charge is 0.464 e. The minimum absolute atomic E-state index is 0.160. The van der Waals surface area contributed by atoms with Gasteiger partial charge >= 0.3 is 5.97 Å². The summed E-state index contributed by atoms with van der Waals surface area (Å²) >= 11 is 3.14. The molecule has 0 spiro atoms. The number of carbonyl (C=O) groups is 1. The Bertz CT molecular complexity index is 494. The highest BCUT2D eigenvalue weighted by molar-refractivity contribution is 9.10. The zero-order chi connectivity index (χ0) is 10.1. The molecule has 0 bridgehead atoms. The van der Waals surface area contributed by atoms with Gasteiger partial charge in [0.15, 0.2) is 10.4 Å². The summed E-state index contributed by atoms with van der Waals surface area (Å²) in [7, 11) is 1.29. The maximum Gasteiger partial charge on any atom is 0.358 e. The van der Waals surface area contributed by atoms with Crippen molar-refractivity contribution >= 4 is 33.1 Å². The molecule has 0 aliphatic carbocycles. The highest BCUT2D eigenvalue weighted by Gasteiger charge is 2.11. The lowest BCUT2D eigenvalue weighted by Crippen LogP contribution is -2.04. The standard InChI is InChI=1S/C8H5BrN2O3/c1-13-8(12)5-3-10-7-4(11-5)2-6(9)14-7/h2-3H,1H3. The number of hydrogen-bond donors (Lipinski definition) is 0. The Labute approximate surface area is 87.2 Å². The van der Waals surface area contributed by atoms with Gasteiger partial charge in [0.1, 0.15) is 5.52 Å². The molecule has 0 fully saturated rings. The summed E-state index contributed by atoms with van der Waals surface area (Å²) in [5, 5.41) is 0. The summed E-state index contributed by atoms with van der Waals surface area (Å²) in [6.45, 7) is 0. The van der Waals surface area contributed by atoms with E-state index in [0.717, 1.165) is 0 Å². The van der Waals surface area contributed by atoms with E-state index in [4.69, 9.17) is 4.42 Å². The van der Waals surface area contributed by atoms with Crippen LogP contribution in [0.4, 0.5) is 0 Å². The van der Waals surface area contributed by atoms with E-state index in [0.29, 0.717) is 15.9 Å². The van der Waals surface area contributed by atoms with Crippen LogP contribution < -0.4 is 0 Å². The van der Waals surface area contributed by atoms with E-state index in [1.165, 1.54) is 13.3 Å². The van der Waals surface area contributed by atoms with E-state index in [2.05, 4.69) is 30.6 Å². The number of esters is 1. The van der Waals surface area contributed by atoms with Crippen molar-refractivity contribution in [2.75, 3.05) is 7.11 Å². The molecule has 14 heavy (non-hydrogen) atoms. The fourth-order valence-electron chi connectivity index (χ4n) is 0.997. The third-order valence-corrected chi connectivity index (χ3v) is 1.99. The zero-order valence-electron chi connectivity index (χ0n) is 7.15. The summed E-state index contributed by atoms with van der Waals surface area (Å²) in [5.74, 6) is -0.517. The van der Waals surface area contributed by atoms with Crippen molar-refractivity contribution in [2.24, 2.45) is 0 Å². The normalized spacial score (nSPS) is 10.4. The first-order valence-corrected chi connectivity index (χ1v) is 4.50. The van der Waals surface area contributed by atoms with Crippen LogP contribution in [0.1, 0.15) is 10.5 Å². The van der Waals surface area contributed by atoms with Gasteiger partial charge in [0.25, 0.3) is 0 Å². The van der Waals surface area contributed by atoms with Crippen LogP contribution in [-0.4, -0.2) is 23.0 Å². The lowest BCUT2D eigenvalue weighted by Gasteiger charge is -1.95. The number of furan rings is 1. The lowest BCUT2D eigenvalue weighted by atomic mass is 10.4. The van der Waals surface area contributed by atoms with E-state index < -0.39 is 5.97 Å². The van der Waals surface area contributed by atoms with Crippen molar-refractivity contribution < 1.29 is 13.9 Å². The molecule has 0 aliphatic heterocycles. The summed E-state index contributed by atoms with van der Waals surface area (Å²) in [5.41, 5.74) is 1.05. The molecular formula is C8H5BrN2O3. The van der Waals surface area contributed by atoms with E-state index in [-0.39, 0.29) is 5.69 Å². The van der Waals surface area contributed by atoms with Crippen molar-refractivity contribution in [3.63, 3.8) is 0 Å². The van der Waals surface area contributed by atoms with Gasteiger partial charge in [-0.05, 0) is 15.9 Å². The summed E-state index contributed by atoms with van der Waals surface area (Å²) in [6, 6.07) is 1.63. The Morgan fingerprint density at radius 3 is 3.14 bits per heavy atom. The summed E-state index contributed by atoms with van der Waals surface area (Å²) < 4.78 is 10.2. The molecular weight excluding hydrogens is 252 g/mol. The number of methoxy groups -OCH3 is 1.